The summed E-state index contributed by atoms with van der Waals surface area (Å²) in [5, 5.41) is 24.3. The number of benzene rings is 1. The van der Waals surface area contributed by atoms with Gasteiger partial charge in [0, 0.05) is 31.2 Å². The summed E-state index contributed by atoms with van der Waals surface area (Å²) >= 11 is 0. The molecule has 18 heavy (non-hydrogen) atoms. The van der Waals surface area contributed by atoms with E-state index in [0.29, 0.717) is 18.8 Å². The molecule has 0 unspecified atom stereocenters. The first kappa shape index (κ1) is 12.6. The van der Waals surface area contributed by atoms with E-state index in [9.17, 15) is 15.2 Å². The zero-order valence-electron chi connectivity index (χ0n) is 10.5. The van der Waals surface area contributed by atoms with Crippen LogP contribution in [0, 0.1) is 10.1 Å². The standard InChI is InChI=1S/C12H17N3O3/c1-8-6-14(7-9(2)13-8)12-10(15(17)18)4-3-5-11(12)16/h3-5,8-9,13,16H,6-7H2,1-2H3/t8-,9+. The van der Waals surface area contributed by atoms with Crippen molar-refractivity contribution in [1.29, 1.82) is 0 Å². The van der Waals surface area contributed by atoms with Crippen LogP contribution in [0.4, 0.5) is 11.4 Å². The Morgan fingerprint density at radius 3 is 2.56 bits per heavy atom. The molecule has 2 N–H and O–H groups in total. The third kappa shape index (κ3) is 2.38. The summed E-state index contributed by atoms with van der Waals surface area (Å²) in [5.41, 5.74) is 0.277. The molecule has 98 valence electrons. The molecule has 6 nitrogen and oxygen atoms in total. The minimum absolute atomic E-state index is 0.0366. The molecular weight excluding hydrogens is 234 g/mol. The van der Waals surface area contributed by atoms with Crippen LogP contribution in [-0.2, 0) is 0 Å². The third-order valence-electron chi connectivity index (χ3n) is 3.06. The highest BCUT2D eigenvalue weighted by atomic mass is 16.6. The Kier molecular flexibility index (Phi) is 3.38. The normalized spacial score (nSPS) is 24.0. The third-order valence-corrected chi connectivity index (χ3v) is 3.06. The molecule has 0 aromatic heterocycles. The molecule has 0 bridgehead atoms. The monoisotopic (exact) mass is 251 g/mol. The molecule has 0 spiro atoms. The van der Waals surface area contributed by atoms with E-state index in [1.807, 2.05) is 18.7 Å². The largest absolute Gasteiger partial charge is 0.506 e. The van der Waals surface area contributed by atoms with Crippen molar-refractivity contribution < 1.29 is 10.0 Å². The summed E-state index contributed by atoms with van der Waals surface area (Å²) in [6.07, 6.45) is 0. The number of nitro groups is 1. The fraction of sp³-hybridized carbons (Fsp3) is 0.500. The molecule has 0 aliphatic carbocycles. The Morgan fingerprint density at radius 1 is 1.39 bits per heavy atom. The van der Waals surface area contributed by atoms with Crippen molar-refractivity contribution >= 4 is 11.4 Å². The van der Waals surface area contributed by atoms with Crippen LogP contribution in [0.1, 0.15) is 13.8 Å². The summed E-state index contributed by atoms with van der Waals surface area (Å²) in [6, 6.07) is 4.86. The summed E-state index contributed by atoms with van der Waals surface area (Å²) in [4.78, 5) is 12.5. The molecule has 0 amide bonds. The van der Waals surface area contributed by atoms with Gasteiger partial charge >= 0.3 is 0 Å². The summed E-state index contributed by atoms with van der Waals surface area (Å²) in [5.74, 6) is -0.0366. The first-order chi connectivity index (χ1) is 8.49. The highest BCUT2D eigenvalue weighted by Gasteiger charge is 2.28. The molecule has 0 radical (unpaired) electrons. The molecule has 1 aliphatic heterocycles. The average Bonchev–Trinajstić information content (AvgIpc) is 2.26. The number of hydrogen-bond donors (Lipinski definition) is 2. The molecule has 1 saturated heterocycles. The lowest BCUT2D eigenvalue weighted by atomic mass is 10.1. The summed E-state index contributed by atoms with van der Waals surface area (Å²) in [6.45, 7) is 5.33. The molecule has 1 heterocycles. The van der Waals surface area contributed by atoms with Crippen molar-refractivity contribution in [2.75, 3.05) is 18.0 Å². The van der Waals surface area contributed by atoms with Gasteiger partial charge in [0.25, 0.3) is 5.69 Å². The average molecular weight is 251 g/mol. The Labute approximate surface area is 105 Å². The Bertz CT molecular complexity index is 454. The van der Waals surface area contributed by atoms with Crippen LogP contribution >= 0.6 is 0 Å². The molecule has 1 aromatic carbocycles. The van der Waals surface area contributed by atoms with Crippen LogP contribution in [0.15, 0.2) is 18.2 Å². The zero-order valence-corrected chi connectivity index (χ0v) is 10.5. The molecule has 0 saturated carbocycles. The predicted octanol–water partition coefficient (Wildman–Crippen LogP) is 1.49. The van der Waals surface area contributed by atoms with Crippen LogP contribution in [0.25, 0.3) is 0 Å². The van der Waals surface area contributed by atoms with Gasteiger partial charge in [-0.3, -0.25) is 10.1 Å². The lowest BCUT2D eigenvalue weighted by Gasteiger charge is -2.37. The number of piperazine rings is 1. The van der Waals surface area contributed by atoms with Gasteiger partial charge in [-0.15, -0.1) is 0 Å². The van der Waals surface area contributed by atoms with E-state index in [0.717, 1.165) is 0 Å². The van der Waals surface area contributed by atoms with Gasteiger partial charge in [0.05, 0.1) is 4.92 Å². The maximum absolute atomic E-state index is 11.0. The van der Waals surface area contributed by atoms with Gasteiger partial charge in [-0.25, -0.2) is 0 Å². The van der Waals surface area contributed by atoms with Gasteiger partial charge in [0.2, 0.25) is 0 Å². The second kappa shape index (κ2) is 4.81. The lowest BCUT2D eigenvalue weighted by molar-refractivity contribution is -0.384. The quantitative estimate of drug-likeness (QED) is 0.615. The van der Waals surface area contributed by atoms with E-state index in [1.165, 1.54) is 18.2 Å². The lowest BCUT2D eigenvalue weighted by Crippen LogP contribution is -2.54. The van der Waals surface area contributed by atoms with Crippen LogP contribution in [0.5, 0.6) is 5.75 Å². The van der Waals surface area contributed by atoms with Crippen LogP contribution in [0.2, 0.25) is 0 Å². The van der Waals surface area contributed by atoms with E-state index in [-0.39, 0.29) is 23.5 Å². The molecule has 2 rings (SSSR count). The minimum Gasteiger partial charge on any atom is -0.506 e. The van der Waals surface area contributed by atoms with E-state index in [2.05, 4.69) is 5.32 Å². The summed E-state index contributed by atoms with van der Waals surface area (Å²) in [7, 11) is 0. The maximum Gasteiger partial charge on any atom is 0.296 e. The highest BCUT2D eigenvalue weighted by molar-refractivity contribution is 5.71. The smallest absolute Gasteiger partial charge is 0.296 e. The number of phenolic OH excluding ortho intramolecular Hbond substituents is 1. The van der Waals surface area contributed by atoms with Gasteiger partial charge in [-0.1, -0.05) is 6.07 Å². The van der Waals surface area contributed by atoms with Gasteiger partial charge < -0.3 is 15.3 Å². The minimum atomic E-state index is -0.452. The van der Waals surface area contributed by atoms with Crippen LogP contribution < -0.4 is 10.2 Å². The first-order valence-corrected chi connectivity index (χ1v) is 5.96. The number of para-hydroxylation sites is 1. The number of rotatable bonds is 2. The van der Waals surface area contributed by atoms with Gasteiger partial charge in [0.1, 0.15) is 5.75 Å². The van der Waals surface area contributed by atoms with Crippen molar-refractivity contribution in [2.24, 2.45) is 0 Å². The maximum atomic E-state index is 11.0. The zero-order chi connectivity index (χ0) is 13.3. The fourth-order valence-corrected chi connectivity index (χ4v) is 2.50. The molecular formula is C12H17N3O3. The van der Waals surface area contributed by atoms with Crippen molar-refractivity contribution in [3.8, 4) is 5.75 Å². The van der Waals surface area contributed by atoms with E-state index in [4.69, 9.17) is 0 Å². The van der Waals surface area contributed by atoms with Crippen molar-refractivity contribution in [3.63, 3.8) is 0 Å². The number of phenols is 1. The number of aromatic hydroxyl groups is 1. The molecule has 1 aromatic rings. The predicted molar refractivity (Wildman–Crippen MR) is 69.0 cm³/mol. The summed E-state index contributed by atoms with van der Waals surface area (Å²) < 4.78 is 0. The molecule has 2 atom stereocenters. The van der Waals surface area contributed by atoms with Crippen molar-refractivity contribution in [2.45, 2.75) is 25.9 Å². The number of nitrogens with zero attached hydrogens (tertiary/aromatic N) is 2. The fourth-order valence-electron chi connectivity index (χ4n) is 2.50. The number of anilines is 1. The SMILES string of the molecule is C[C@@H]1CN(c2c(O)cccc2[N+](=O)[O-])C[C@H](C)N1. The number of nitro benzene ring substituents is 1. The number of nitrogens with one attached hydrogen (secondary N) is 1. The van der Waals surface area contributed by atoms with E-state index < -0.39 is 4.92 Å². The molecule has 6 heteroatoms. The van der Waals surface area contributed by atoms with Crippen molar-refractivity contribution in [1.82, 2.24) is 5.32 Å². The van der Waals surface area contributed by atoms with Crippen LogP contribution in [0.3, 0.4) is 0 Å². The van der Waals surface area contributed by atoms with Crippen molar-refractivity contribution in [3.05, 3.63) is 28.3 Å². The van der Waals surface area contributed by atoms with Gasteiger partial charge in [-0.05, 0) is 19.9 Å². The molecule has 1 fully saturated rings. The molecule has 1 aliphatic rings. The Morgan fingerprint density at radius 2 is 2.00 bits per heavy atom. The second-order valence-corrected chi connectivity index (χ2v) is 4.78. The van der Waals surface area contributed by atoms with Crippen LogP contribution in [-0.4, -0.2) is 35.2 Å². The highest BCUT2D eigenvalue weighted by Crippen LogP contribution is 2.37. The number of hydrogen-bond acceptors (Lipinski definition) is 5. The van der Waals surface area contributed by atoms with Gasteiger partial charge in [0.15, 0.2) is 5.69 Å². The Hall–Kier alpha value is -1.82. The van der Waals surface area contributed by atoms with E-state index >= 15 is 0 Å². The second-order valence-electron chi connectivity index (χ2n) is 4.78. The van der Waals surface area contributed by atoms with E-state index in [1.54, 1.807) is 0 Å². The first-order valence-electron chi connectivity index (χ1n) is 5.96. The Balaban J connectivity index is 2.40. The van der Waals surface area contributed by atoms with Gasteiger partial charge in [-0.2, -0.15) is 0 Å². The topological polar surface area (TPSA) is 78.6 Å².